The predicted molar refractivity (Wildman–Crippen MR) is 64.0 cm³/mol. The first-order chi connectivity index (χ1) is 7.27. The molecule has 0 bridgehead atoms. The van der Waals surface area contributed by atoms with Gasteiger partial charge in [-0.3, -0.25) is 0 Å². The molecule has 0 amide bonds. The summed E-state index contributed by atoms with van der Waals surface area (Å²) in [6.45, 7) is 7.58. The fourth-order valence-corrected chi connectivity index (χ4v) is 2.00. The van der Waals surface area contributed by atoms with E-state index in [1.807, 2.05) is 6.21 Å². The van der Waals surface area contributed by atoms with Crippen molar-refractivity contribution >= 4 is 6.21 Å². The van der Waals surface area contributed by atoms with Crippen LogP contribution in [-0.4, -0.2) is 17.3 Å². The Morgan fingerprint density at radius 2 is 2.06 bits per heavy atom. The number of hydrogen-bond donors (Lipinski definition) is 0. The normalized spacial score (nSPS) is 17.6. The van der Waals surface area contributed by atoms with Crippen LogP contribution >= 0.6 is 0 Å². The molecule has 0 N–H and O–H groups in total. The van der Waals surface area contributed by atoms with Crippen LogP contribution in [-0.2, 0) is 53.8 Å². The number of hydrogen-bond acceptors (Lipinski definition) is 1. The second-order valence-electron chi connectivity index (χ2n) is 4.20. The van der Waals surface area contributed by atoms with E-state index in [1.165, 1.54) is 17.8 Å². The van der Waals surface area contributed by atoms with Crippen molar-refractivity contribution in [2.75, 3.05) is 6.54 Å². The Hall–Kier alpha value is 0.482. The van der Waals surface area contributed by atoms with Gasteiger partial charge in [-0.15, -0.1) is 24.9 Å². The van der Waals surface area contributed by atoms with Crippen molar-refractivity contribution in [3.05, 3.63) is 36.5 Å². The standard InChI is InChI=1S/C13H18N2.W.Y/c1-11-3-4-12(2)15(11)10-7-13-5-8-14-9-6-13;;/h3-5,8,10,13H,6-7,9H2,1-2H3;;/q-2;;. The summed E-state index contributed by atoms with van der Waals surface area (Å²) >= 11 is 0. The minimum atomic E-state index is 0. The molecule has 4 heteroatoms. The Kier molecular flexibility index (Phi) is 8.80. The molecular weight excluding hydrogens is 457 g/mol. The summed E-state index contributed by atoms with van der Waals surface area (Å²) in [4.78, 5) is 4.21. The van der Waals surface area contributed by atoms with Gasteiger partial charge in [0.2, 0.25) is 0 Å². The Labute approximate surface area is 144 Å². The van der Waals surface area contributed by atoms with Gasteiger partial charge >= 0.3 is 0 Å². The second kappa shape index (κ2) is 8.56. The Morgan fingerprint density at radius 3 is 2.59 bits per heavy atom. The van der Waals surface area contributed by atoms with Gasteiger partial charge in [0.1, 0.15) is 0 Å². The number of rotatable bonds is 3. The van der Waals surface area contributed by atoms with E-state index in [9.17, 15) is 0 Å². The van der Waals surface area contributed by atoms with Crippen molar-refractivity contribution in [3.63, 3.8) is 0 Å². The molecule has 0 aliphatic carbocycles. The Bertz CT molecular complexity index is 341. The van der Waals surface area contributed by atoms with Crippen LogP contribution in [0.15, 0.2) is 17.1 Å². The van der Waals surface area contributed by atoms with Crippen molar-refractivity contribution < 1.29 is 53.8 Å². The zero-order chi connectivity index (χ0) is 10.7. The first-order valence-corrected chi connectivity index (χ1v) is 5.58. The molecule has 1 radical (unpaired) electrons. The topological polar surface area (TPSA) is 17.3 Å². The summed E-state index contributed by atoms with van der Waals surface area (Å²) in [6.07, 6.45) is 6.47. The summed E-state index contributed by atoms with van der Waals surface area (Å²) < 4.78 is 2.28. The van der Waals surface area contributed by atoms with Crippen LogP contribution in [0.2, 0.25) is 0 Å². The number of aliphatic imine (C=N–C) groups is 1. The summed E-state index contributed by atoms with van der Waals surface area (Å²) in [5.41, 5.74) is 2.63. The predicted octanol–water partition coefficient (Wildman–Crippen LogP) is 2.79. The zero-order valence-electron chi connectivity index (χ0n) is 10.5. The van der Waals surface area contributed by atoms with Gasteiger partial charge in [-0.2, -0.15) is 5.92 Å². The summed E-state index contributed by atoms with van der Waals surface area (Å²) in [5, 5.41) is 0. The number of aryl methyl sites for hydroxylation is 2. The Balaban J connectivity index is 0.00000128. The second-order valence-corrected chi connectivity index (χ2v) is 4.20. The van der Waals surface area contributed by atoms with Gasteiger partial charge in [0, 0.05) is 60.3 Å². The van der Waals surface area contributed by atoms with Crippen LogP contribution in [0.5, 0.6) is 0 Å². The molecule has 1 aliphatic rings. The van der Waals surface area contributed by atoms with Crippen LogP contribution in [0.3, 0.4) is 0 Å². The van der Waals surface area contributed by atoms with E-state index < -0.39 is 0 Å². The van der Waals surface area contributed by atoms with Gasteiger partial charge in [-0.1, -0.05) is 38.1 Å². The van der Waals surface area contributed by atoms with Gasteiger partial charge in [0.05, 0.1) is 0 Å². The fraction of sp³-hybridized carbons (Fsp3) is 0.462. The molecule has 0 fully saturated rings. The van der Waals surface area contributed by atoms with E-state index >= 15 is 0 Å². The first-order valence-electron chi connectivity index (χ1n) is 5.58. The molecule has 2 nitrogen and oxygen atoms in total. The van der Waals surface area contributed by atoms with Crippen LogP contribution in [0.25, 0.3) is 0 Å². The molecule has 0 spiro atoms. The van der Waals surface area contributed by atoms with Crippen LogP contribution in [0.4, 0.5) is 0 Å². The Morgan fingerprint density at radius 1 is 1.41 bits per heavy atom. The van der Waals surface area contributed by atoms with Crippen molar-refractivity contribution in [3.8, 4) is 0 Å². The summed E-state index contributed by atoms with van der Waals surface area (Å²) in [7, 11) is 0. The molecule has 91 valence electrons. The summed E-state index contributed by atoms with van der Waals surface area (Å²) in [5.74, 6) is 0.670. The maximum Gasteiger partial charge on any atom is 0.0335 e. The van der Waals surface area contributed by atoms with Gasteiger partial charge in [0.15, 0.2) is 0 Å². The van der Waals surface area contributed by atoms with Crippen molar-refractivity contribution in [2.24, 2.45) is 10.9 Å². The molecule has 2 heterocycles. The smallest absolute Gasteiger partial charge is 0.0335 e. The molecule has 1 aromatic rings. The van der Waals surface area contributed by atoms with Crippen LogP contribution in [0, 0.1) is 32.7 Å². The van der Waals surface area contributed by atoms with E-state index in [0.717, 1.165) is 13.0 Å². The maximum absolute atomic E-state index is 4.21. The molecule has 0 aromatic carbocycles. The minimum absolute atomic E-state index is 0. The van der Waals surface area contributed by atoms with E-state index in [4.69, 9.17) is 0 Å². The average molecular weight is 475 g/mol. The van der Waals surface area contributed by atoms with E-state index in [2.05, 4.69) is 48.5 Å². The molecule has 1 aromatic heterocycles. The molecule has 2 rings (SSSR count). The van der Waals surface area contributed by atoms with E-state index in [1.54, 1.807) is 0 Å². The third-order valence-corrected chi connectivity index (χ3v) is 3.01. The van der Waals surface area contributed by atoms with Crippen molar-refractivity contribution in [1.82, 2.24) is 4.57 Å². The van der Waals surface area contributed by atoms with Gasteiger partial charge in [-0.05, 0) is 0 Å². The average Bonchev–Trinajstić information content (AvgIpc) is 2.58. The van der Waals surface area contributed by atoms with Gasteiger partial charge < -0.3 is 16.0 Å². The first kappa shape index (κ1) is 17.5. The van der Waals surface area contributed by atoms with Crippen molar-refractivity contribution in [2.45, 2.75) is 26.7 Å². The molecule has 0 saturated carbocycles. The largest absolute Gasteiger partial charge is 0.486 e. The minimum Gasteiger partial charge on any atom is -0.486 e. The maximum atomic E-state index is 4.21. The van der Waals surface area contributed by atoms with Crippen LogP contribution < -0.4 is 0 Å². The SMILES string of the molecule is Cc1ccc(C)n1[CH-]CC1[CH-]C=NCC1.[W].[Y]. The molecule has 1 unspecified atom stereocenters. The molecule has 1 atom stereocenters. The molecular formula is C13H18N2WY-2. The third-order valence-electron chi connectivity index (χ3n) is 3.01. The molecule has 0 saturated heterocycles. The number of aromatic nitrogens is 1. The van der Waals surface area contributed by atoms with Crippen LogP contribution in [0.1, 0.15) is 24.2 Å². The monoisotopic (exact) mass is 475 g/mol. The summed E-state index contributed by atoms with van der Waals surface area (Å²) in [6, 6.07) is 4.33. The fourth-order valence-electron chi connectivity index (χ4n) is 2.00. The third kappa shape index (κ3) is 4.93. The van der Waals surface area contributed by atoms with E-state index in [-0.39, 0.29) is 53.8 Å². The van der Waals surface area contributed by atoms with Gasteiger partial charge in [-0.25, -0.2) is 0 Å². The van der Waals surface area contributed by atoms with Gasteiger partial charge in [0.25, 0.3) is 0 Å². The molecule has 17 heavy (non-hydrogen) atoms. The van der Waals surface area contributed by atoms with E-state index in [0.29, 0.717) is 5.92 Å². The molecule has 1 aliphatic heterocycles. The van der Waals surface area contributed by atoms with Crippen molar-refractivity contribution in [1.29, 1.82) is 0 Å². The quantitative estimate of drug-likeness (QED) is 0.599. The zero-order valence-corrected chi connectivity index (χ0v) is 16.2. The number of nitrogens with zero attached hydrogens (tertiary/aromatic N) is 2.